The van der Waals surface area contributed by atoms with Crippen LogP contribution in [0.2, 0.25) is 0 Å². The van der Waals surface area contributed by atoms with Crippen molar-refractivity contribution in [2.24, 2.45) is 0 Å². The predicted molar refractivity (Wildman–Crippen MR) is 67.9 cm³/mol. The van der Waals surface area contributed by atoms with E-state index in [9.17, 15) is 4.79 Å². The summed E-state index contributed by atoms with van der Waals surface area (Å²) in [5.41, 5.74) is 1.50. The Bertz CT molecular complexity index is 394. The molecule has 1 atom stereocenters. The summed E-state index contributed by atoms with van der Waals surface area (Å²) in [5.74, 6) is 0.458. The third-order valence-corrected chi connectivity index (χ3v) is 2.11. The Balaban J connectivity index is 2.71. The minimum Gasteiger partial charge on any atom is -0.482 e. The number of hydrogen-bond donors (Lipinski definition) is 2. The molecule has 1 heterocycles. The molecule has 0 spiro atoms. The first-order chi connectivity index (χ1) is 8.02. The number of ether oxygens (including phenoxy) is 1. The summed E-state index contributed by atoms with van der Waals surface area (Å²) in [5, 5.41) is 5.84. The molecule has 4 nitrogen and oxygen atoms in total. The molecule has 2 N–H and O–H groups in total. The topological polar surface area (TPSA) is 50.4 Å². The molecule has 1 amide bonds. The van der Waals surface area contributed by atoms with Gasteiger partial charge in [0.2, 0.25) is 0 Å². The van der Waals surface area contributed by atoms with E-state index in [4.69, 9.17) is 4.74 Å². The molecule has 92 valence electrons. The molecule has 1 unspecified atom stereocenters. The summed E-state index contributed by atoms with van der Waals surface area (Å²) in [6, 6.07) is 0.146. The van der Waals surface area contributed by atoms with Gasteiger partial charge in [0.1, 0.15) is 5.76 Å². The average molecular weight is 234 g/mol. The number of hydrogen-bond acceptors (Lipinski definition) is 3. The normalized spacial score (nSPS) is 17.4. The predicted octanol–water partition coefficient (Wildman–Crippen LogP) is 1.60. The van der Waals surface area contributed by atoms with Crippen molar-refractivity contribution in [3.05, 3.63) is 48.5 Å². The van der Waals surface area contributed by atoms with Crippen LogP contribution >= 0.6 is 0 Å². The molecule has 0 fully saturated rings. The molecule has 0 saturated carbocycles. The summed E-state index contributed by atoms with van der Waals surface area (Å²) >= 11 is 0. The molecule has 0 aromatic rings. The molecule has 17 heavy (non-hydrogen) atoms. The van der Waals surface area contributed by atoms with E-state index in [1.165, 1.54) is 0 Å². The van der Waals surface area contributed by atoms with E-state index in [-0.39, 0.29) is 18.6 Å². The minimum absolute atomic E-state index is 0.0410. The van der Waals surface area contributed by atoms with Gasteiger partial charge in [0.05, 0.1) is 5.70 Å². The van der Waals surface area contributed by atoms with E-state index in [0.29, 0.717) is 11.5 Å². The summed E-state index contributed by atoms with van der Waals surface area (Å²) < 4.78 is 5.31. The number of carbonyl (C=O) groups excluding carboxylic acids is 1. The van der Waals surface area contributed by atoms with Crippen LogP contribution in [0.25, 0.3) is 0 Å². The standard InChI is InChI=1S/C13H18N2O2/c1-5-11-12(17-8-13(16)15-11)7-6-10(4)14-9(2)3/h5-7,10,14H,1-2,8H2,3-4H3,(H,15,16)/b7-6-. The SMILES string of the molecule is C=CC1=C(/C=C\C(C)NC(=C)C)OCC(=O)N1. The van der Waals surface area contributed by atoms with Crippen LogP contribution in [0, 0.1) is 0 Å². The number of rotatable bonds is 5. The summed E-state index contributed by atoms with van der Waals surface area (Å²) in [6.45, 7) is 11.3. The monoisotopic (exact) mass is 234 g/mol. The van der Waals surface area contributed by atoms with E-state index in [1.54, 1.807) is 6.08 Å². The highest BCUT2D eigenvalue weighted by molar-refractivity contribution is 5.81. The van der Waals surface area contributed by atoms with Crippen LogP contribution < -0.4 is 10.6 Å². The molecule has 0 bridgehead atoms. The Morgan fingerprint density at radius 1 is 1.65 bits per heavy atom. The lowest BCUT2D eigenvalue weighted by Crippen LogP contribution is -2.32. The van der Waals surface area contributed by atoms with E-state index < -0.39 is 0 Å². The maximum atomic E-state index is 11.1. The quantitative estimate of drug-likeness (QED) is 0.759. The van der Waals surface area contributed by atoms with Gasteiger partial charge in [-0.2, -0.15) is 0 Å². The molecule has 0 saturated heterocycles. The van der Waals surface area contributed by atoms with Crippen molar-refractivity contribution in [2.45, 2.75) is 19.9 Å². The Kier molecular flexibility index (Phi) is 4.57. The molecule has 1 rings (SSSR count). The third kappa shape index (κ3) is 4.18. The first kappa shape index (κ1) is 13.1. The third-order valence-electron chi connectivity index (χ3n) is 2.11. The molecule has 0 aromatic heterocycles. The van der Waals surface area contributed by atoms with Crippen molar-refractivity contribution in [3.8, 4) is 0 Å². The molecule has 4 heteroatoms. The van der Waals surface area contributed by atoms with Gasteiger partial charge in [-0.25, -0.2) is 0 Å². The van der Waals surface area contributed by atoms with Crippen LogP contribution in [0.5, 0.6) is 0 Å². The van der Waals surface area contributed by atoms with Gasteiger partial charge in [0, 0.05) is 11.7 Å². The molecule has 1 aliphatic rings. The molecule has 0 aliphatic carbocycles. The van der Waals surface area contributed by atoms with Crippen molar-refractivity contribution in [2.75, 3.05) is 6.61 Å². The Morgan fingerprint density at radius 2 is 2.35 bits per heavy atom. The number of nitrogens with one attached hydrogen (secondary N) is 2. The van der Waals surface area contributed by atoms with Gasteiger partial charge in [-0.05, 0) is 26.0 Å². The second kappa shape index (κ2) is 5.94. The maximum Gasteiger partial charge on any atom is 0.262 e. The smallest absolute Gasteiger partial charge is 0.262 e. The van der Waals surface area contributed by atoms with Crippen molar-refractivity contribution < 1.29 is 9.53 Å². The zero-order valence-electron chi connectivity index (χ0n) is 10.2. The van der Waals surface area contributed by atoms with Crippen LogP contribution in [0.15, 0.2) is 48.5 Å². The number of allylic oxidation sites excluding steroid dienone is 3. The summed E-state index contributed by atoms with van der Waals surface area (Å²) in [4.78, 5) is 11.1. The molecule has 0 radical (unpaired) electrons. The van der Waals surface area contributed by atoms with Gasteiger partial charge in [-0.1, -0.05) is 19.2 Å². The molecule has 1 aliphatic heterocycles. The summed E-state index contributed by atoms with van der Waals surface area (Å²) in [7, 11) is 0. The van der Waals surface area contributed by atoms with Crippen molar-refractivity contribution in [1.29, 1.82) is 0 Å². The van der Waals surface area contributed by atoms with Gasteiger partial charge in [-0.15, -0.1) is 0 Å². The molecule has 0 aromatic carbocycles. The first-order valence-electron chi connectivity index (χ1n) is 5.42. The van der Waals surface area contributed by atoms with Crippen LogP contribution in [-0.4, -0.2) is 18.6 Å². The van der Waals surface area contributed by atoms with Crippen molar-refractivity contribution >= 4 is 5.91 Å². The van der Waals surface area contributed by atoms with Gasteiger partial charge in [0.25, 0.3) is 5.91 Å². The van der Waals surface area contributed by atoms with Crippen molar-refractivity contribution in [1.82, 2.24) is 10.6 Å². The van der Waals surface area contributed by atoms with E-state index >= 15 is 0 Å². The fraction of sp³-hybridized carbons (Fsp3) is 0.308. The maximum absolute atomic E-state index is 11.1. The van der Waals surface area contributed by atoms with Crippen LogP contribution in [0.4, 0.5) is 0 Å². The van der Waals surface area contributed by atoms with Crippen LogP contribution in [0.3, 0.4) is 0 Å². The number of carbonyl (C=O) groups is 1. The van der Waals surface area contributed by atoms with E-state index in [1.807, 2.05) is 26.0 Å². The highest BCUT2D eigenvalue weighted by atomic mass is 16.5. The van der Waals surface area contributed by atoms with Gasteiger partial charge < -0.3 is 15.4 Å². The zero-order valence-corrected chi connectivity index (χ0v) is 10.2. The fourth-order valence-electron chi connectivity index (χ4n) is 1.43. The highest BCUT2D eigenvalue weighted by Gasteiger charge is 2.14. The lowest BCUT2D eigenvalue weighted by atomic mass is 10.2. The minimum atomic E-state index is -0.162. The first-order valence-corrected chi connectivity index (χ1v) is 5.42. The lowest BCUT2D eigenvalue weighted by molar-refractivity contribution is -0.124. The van der Waals surface area contributed by atoms with Gasteiger partial charge in [0.15, 0.2) is 6.61 Å². The Hall–Kier alpha value is -1.97. The number of amides is 1. The van der Waals surface area contributed by atoms with Crippen LogP contribution in [0.1, 0.15) is 13.8 Å². The Morgan fingerprint density at radius 3 is 2.94 bits per heavy atom. The summed E-state index contributed by atoms with van der Waals surface area (Å²) in [6.07, 6.45) is 5.32. The van der Waals surface area contributed by atoms with Crippen molar-refractivity contribution in [3.63, 3.8) is 0 Å². The largest absolute Gasteiger partial charge is 0.482 e. The highest BCUT2D eigenvalue weighted by Crippen LogP contribution is 2.11. The zero-order chi connectivity index (χ0) is 12.8. The van der Waals surface area contributed by atoms with Gasteiger partial charge in [-0.3, -0.25) is 4.79 Å². The van der Waals surface area contributed by atoms with E-state index in [2.05, 4.69) is 23.8 Å². The second-order valence-electron chi connectivity index (χ2n) is 3.89. The second-order valence-corrected chi connectivity index (χ2v) is 3.89. The van der Waals surface area contributed by atoms with Gasteiger partial charge >= 0.3 is 0 Å². The molecular weight excluding hydrogens is 216 g/mol. The van der Waals surface area contributed by atoms with Crippen LogP contribution in [-0.2, 0) is 9.53 Å². The lowest BCUT2D eigenvalue weighted by Gasteiger charge is -2.18. The molecular formula is C13H18N2O2. The fourth-order valence-corrected chi connectivity index (χ4v) is 1.43. The average Bonchev–Trinajstić information content (AvgIpc) is 2.26. The van der Waals surface area contributed by atoms with E-state index in [0.717, 1.165) is 5.70 Å². The Labute approximate surface area is 102 Å².